The molecule has 0 aliphatic rings. The molecule has 5 heteroatoms. The predicted octanol–water partition coefficient (Wildman–Crippen LogP) is 3.00. The van der Waals surface area contributed by atoms with E-state index in [1.165, 1.54) is 6.20 Å². The van der Waals surface area contributed by atoms with E-state index >= 15 is 0 Å². The first-order valence-corrected chi connectivity index (χ1v) is 5.82. The molecule has 0 saturated carbocycles. The number of aromatic nitrogens is 2. The van der Waals surface area contributed by atoms with Gasteiger partial charge in [0.05, 0.1) is 16.9 Å². The summed E-state index contributed by atoms with van der Waals surface area (Å²) in [7, 11) is 0. The number of rotatable bonds is 2. The Morgan fingerprint density at radius 2 is 2.06 bits per heavy atom. The van der Waals surface area contributed by atoms with Gasteiger partial charge in [-0.1, -0.05) is 11.6 Å². The Bertz CT molecular complexity index is 599. The summed E-state index contributed by atoms with van der Waals surface area (Å²) < 4.78 is 0. The van der Waals surface area contributed by atoms with E-state index in [9.17, 15) is 4.79 Å². The number of carbonyl (C=O) groups excluding carboxylic acids is 1. The lowest BCUT2D eigenvalue weighted by Crippen LogP contribution is -2.14. The second-order valence-corrected chi connectivity index (χ2v) is 4.24. The monoisotopic (exact) mass is 261 g/mol. The maximum atomic E-state index is 12.0. The molecule has 0 bridgehead atoms. The number of hydrogen-bond acceptors (Lipinski definition) is 3. The van der Waals surface area contributed by atoms with Crippen LogP contribution in [0.5, 0.6) is 0 Å². The van der Waals surface area contributed by atoms with E-state index in [0.29, 0.717) is 11.3 Å². The molecular formula is C13H12ClN3O. The zero-order chi connectivity index (χ0) is 13.1. The summed E-state index contributed by atoms with van der Waals surface area (Å²) in [4.78, 5) is 20.2. The highest BCUT2D eigenvalue weighted by atomic mass is 35.5. The van der Waals surface area contributed by atoms with Crippen LogP contribution in [-0.2, 0) is 0 Å². The van der Waals surface area contributed by atoms with Gasteiger partial charge in [0.15, 0.2) is 0 Å². The number of aryl methyl sites for hydroxylation is 2. The lowest BCUT2D eigenvalue weighted by molar-refractivity contribution is 0.102. The number of carbonyl (C=O) groups is 1. The summed E-state index contributed by atoms with van der Waals surface area (Å²) in [6, 6.07) is 6.95. The van der Waals surface area contributed by atoms with Gasteiger partial charge in [0, 0.05) is 11.9 Å². The highest BCUT2D eigenvalue weighted by Crippen LogP contribution is 2.17. The van der Waals surface area contributed by atoms with Crippen molar-refractivity contribution in [2.24, 2.45) is 0 Å². The highest BCUT2D eigenvalue weighted by Gasteiger charge is 2.12. The van der Waals surface area contributed by atoms with Crippen LogP contribution in [0.3, 0.4) is 0 Å². The maximum Gasteiger partial charge on any atom is 0.258 e. The molecule has 0 aromatic carbocycles. The second-order valence-electron chi connectivity index (χ2n) is 3.88. The van der Waals surface area contributed by atoms with Crippen LogP contribution < -0.4 is 5.32 Å². The van der Waals surface area contributed by atoms with Crippen molar-refractivity contribution >= 4 is 23.2 Å². The van der Waals surface area contributed by atoms with Gasteiger partial charge >= 0.3 is 0 Å². The summed E-state index contributed by atoms with van der Waals surface area (Å²) in [6.07, 6.45) is 1.54. The van der Waals surface area contributed by atoms with Gasteiger partial charge in [-0.2, -0.15) is 0 Å². The highest BCUT2D eigenvalue weighted by molar-refractivity contribution is 6.33. The third-order valence-corrected chi connectivity index (χ3v) is 2.78. The Hall–Kier alpha value is -1.94. The second kappa shape index (κ2) is 5.14. The first-order valence-electron chi connectivity index (χ1n) is 5.44. The Morgan fingerprint density at radius 1 is 1.28 bits per heavy atom. The zero-order valence-electron chi connectivity index (χ0n) is 10.1. The Labute approximate surface area is 110 Å². The van der Waals surface area contributed by atoms with E-state index < -0.39 is 0 Å². The lowest BCUT2D eigenvalue weighted by atomic mass is 10.2. The molecule has 2 rings (SSSR count). The van der Waals surface area contributed by atoms with Gasteiger partial charge in [0.2, 0.25) is 0 Å². The van der Waals surface area contributed by atoms with Gasteiger partial charge < -0.3 is 5.32 Å². The molecule has 92 valence electrons. The van der Waals surface area contributed by atoms with Crippen LogP contribution in [0.4, 0.5) is 5.69 Å². The van der Waals surface area contributed by atoms with Gasteiger partial charge in [0.1, 0.15) is 5.15 Å². The minimum absolute atomic E-state index is 0.188. The standard InChI is InChI=1S/C13H12ClN3O/c1-8-5-6-11(9(2)16-8)17-13(18)10-4-3-7-15-12(10)14/h3-7H,1-2H3,(H,17,18). The van der Waals surface area contributed by atoms with E-state index in [0.717, 1.165) is 11.4 Å². The summed E-state index contributed by atoms with van der Waals surface area (Å²) in [5.41, 5.74) is 2.69. The molecule has 0 fully saturated rings. The van der Waals surface area contributed by atoms with Gasteiger partial charge in [0.25, 0.3) is 5.91 Å². The molecule has 4 nitrogen and oxygen atoms in total. The SMILES string of the molecule is Cc1ccc(NC(=O)c2cccnc2Cl)c(C)n1. The van der Waals surface area contributed by atoms with Crippen molar-refractivity contribution in [3.8, 4) is 0 Å². The van der Waals surface area contributed by atoms with Crippen LogP contribution in [0, 0.1) is 13.8 Å². The summed E-state index contributed by atoms with van der Waals surface area (Å²) in [5.74, 6) is -0.290. The van der Waals surface area contributed by atoms with E-state index in [4.69, 9.17) is 11.6 Å². The van der Waals surface area contributed by atoms with Crippen molar-refractivity contribution < 1.29 is 4.79 Å². The maximum absolute atomic E-state index is 12.0. The minimum atomic E-state index is -0.290. The first-order chi connectivity index (χ1) is 8.58. The smallest absolute Gasteiger partial charge is 0.258 e. The van der Waals surface area contributed by atoms with Crippen molar-refractivity contribution in [2.45, 2.75) is 13.8 Å². The molecule has 1 amide bonds. The molecule has 0 spiro atoms. The number of nitrogens with one attached hydrogen (secondary N) is 1. The Kier molecular flexibility index (Phi) is 3.58. The molecule has 0 atom stereocenters. The van der Waals surface area contributed by atoms with Crippen molar-refractivity contribution in [1.29, 1.82) is 0 Å². The summed E-state index contributed by atoms with van der Waals surface area (Å²) >= 11 is 5.86. The number of nitrogens with zero attached hydrogens (tertiary/aromatic N) is 2. The number of anilines is 1. The molecule has 2 heterocycles. The van der Waals surface area contributed by atoms with E-state index in [-0.39, 0.29) is 11.1 Å². The van der Waals surface area contributed by atoms with E-state index in [1.54, 1.807) is 12.1 Å². The molecule has 18 heavy (non-hydrogen) atoms. The van der Waals surface area contributed by atoms with Gasteiger partial charge in [-0.05, 0) is 38.1 Å². The van der Waals surface area contributed by atoms with E-state index in [1.807, 2.05) is 26.0 Å². The quantitative estimate of drug-likeness (QED) is 0.846. The summed E-state index contributed by atoms with van der Waals surface area (Å²) in [5, 5.41) is 2.96. The average Bonchev–Trinajstić information content (AvgIpc) is 2.33. The topological polar surface area (TPSA) is 54.9 Å². The van der Waals surface area contributed by atoms with Crippen molar-refractivity contribution in [3.63, 3.8) is 0 Å². The van der Waals surface area contributed by atoms with Crippen LogP contribution in [0.25, 0.3) is 0 Å². The van der Waals surface area contributed by atoms with Gasteiger partial charge in [-0.25, -0.2) is 4.98 Å². The van der Waals surface area contributed by atoms with Crippen LogP contribution in [-0.4, -0.2) is 15.9 Å². The molecule has 0 aliphatic carbocycles. The molecule has 0 aliphatic heterocycles. The molecule has 0 radical (unpaired) electrons. The van der Waals surface area contributed by atoms with Crippen molar-refractivity contribution in [2.75, 3.05) is 5.32 Å². The minimum Gasteiger partial charge on any atom is -0.320 e. The average molecular weight is 262 g/mol. The van der Waals surface area contributed by atoms with Gasteiger partial charge in [-0.15, -0.1) is 0 Å². The number of pyridine rings is 2. The fourth-order valence-electron chi connectivity index (χ4n) is 1.56. The Balaban J connectivity index is 2.24. The molecule has 2 aromatic rings. The third-order valence-electron chi connectivity index (χ3n) is 2.48. The van der Waals surface area contributed by atoms with Crippen LogP contribution in [0.15, 0.2) is 30.5 Å². The molecular weight excluding hydrogens is 250 g/mol. The number of halogens is 1. The lowest BCUT2D eigenvalue weighted by Gasteiger charge is -2.08. The molecule has 0 unspecified atom stereocenters. The summed E-state index contributed by atoms with van der Waals surface area (Å²) in [6.45, 7) is 3.74. The normalized spacial score (nSPS) is 10.2. The molecule has 2 aromatic heterocycles. The van der Waals surface area contributed by atoms with E-state index in [2.05, 4.69) is 15.3 Å². The fraction of sp³-hybridized carbons (Fsp3) is 0.154. The van der Waals surface area contributed by atoms with Crippen LogP contribution in [0.1, 0.15) is 21.7 Å². The number of hydrogen-bond donors (Lipinski definition) is 1. The number of amides is 1. The third kappa shape index (κ3) is 2.65. The molecule has 1 N–H and O–H groups in total. The van der Waals surface area contributed by atoms with Crippen molar-refractivity contribution in [3.05, 3.63) is 52.6 Å². The van der Waals surface area contributed by atoms with Crippen molar-refractivity contribution in [1.82, 2.24) is 9.97 Å². The predicted molar refractivity (Wildman–Crippen MR) is 70.9 cm³/mol. The fourth-order valence-corrected chi connectivity index (χ4v) is 1.77. The van der Waals surface area contributed by atoms with Crippen LogP contribution in [0.2, 0.25) is 5.15 Å². The Morgan fingerprint density at radius 3 is 2.72 bits per heavy atom. The largest absolute Gasteiger partial charge is 0.320 e. The molecule has 0 saturated heterocycles. The zero-order valence-corrected chi connectivity index (χ0v) is 10.8. The van der Waals surface area contributed by atoms with Gasteiger partial charge in [-0.3, -0.25) is 9.78 Å². The first kappa shape index (κ1) is 12.5. The van der Waals surface area contributed by atoms with Crippen LogP contribution >= 0.6 is 11.6 Å².